The molecule has 0 radical (unpaired) electrons. The zero-order chi connectivity index (χ0) is 6.74. The quantitative estimate of drug-likeness (QED) is 0.471. The maximum Gasteiger partial charge on any atom is 0.0878 e. The normalized spacial score (nSPS) is 85.1. The van der Waals surface area contributed by atoms with E-state index in [2.05, 4.69) is 0 Å². The van der Waals surface area contributed by atoms with Crippen molar-refractivity contribution >= 4 is 0 Å². The van der Waals surface area contributed by atoms with Crippen LogP contribution in [0.5, 0.6) is 0 Å². The standard InChI is InChI=1S/C10H12O/c1-2-4-5-3(1)6-8(5)7(4)10-9(6)11-10/h3-10H,1-2H2/t3-,4-,5?,6+,7+,8?,9+,10+/m0/s1. The molecule has 4 aliphatic carbocycles. The van der Waals surface area contributed by atoms with Gasteiger partial charge in [0, 0.05) is 0 Å². The van der Waals surface area contributed by atoms with Crippen LogP contribution in [0.4, 0.5) is 0 Å². The van der Waals surface area contributed by atoms with Crippen molar-refractivity contribution in [3.63, 3.8) is 0 Å². The van der Waals surface area contributed by atoms with Gasteiger partial charge < -0.3 is 4.74 Å². The number of epoxide rings is 1. The number of hydrogen-bond acceptors (Lipinski definition) is 1. The van der Waals surface area contributed by atoms with Gasteiger partial charge >= 0.3 is 0 Å². The lowest BCUT2D eigenvalue weighted by Gasteiger charge is -2.60. The van der Waals surface area contributed by atoms with Crippen molar-refractivity contribution in [3.8, 4) is 0 Å². The lowest BCUT2D eigenvalue weighted by atomic mass is 9.44. The first-order chi connectivity index (χ1) is 5.47. The minimum Gasteiger partial charge on any atom is -0.369 e. The molecule has 1 saturated heterocycles. The number of fused-ring (bicyclic) bond motifs is 5. The summed E-state index contributed by atoms with van der Waals surface area (Å²) >= 11 is 0. The Morgan fingerprint density at radius 3 is 2.00 bits per heavy atom. The summed E-state index contributed by atoms with van der Waals surface area (Å²) in [5.41, 5.74) is 0. The van der Waals surface area contributed by atoms with Crippen molar-refractivity contribution in [1.29, 1.82) is 0 Å². The molecule has 0 spiro atoms. The van der Waals surface area contributed by atoms with E-state index in [-0.39, 0.29) is 0 Å². The first kappa shape index (κ1) is 4.86. The average molecular weight is 148 g/mol. The lowest BCUT2D eigenvalue weighted by molar-refractivity contribution is -0.168. The maximum absolute atomic E-state index is 5.72. The molecule has 5 fully saturated rings. The van der Waals surface area contributed by atoms with E-state index in [1.165, 1.54) is 11.8 Å². The molecule has 0 amide bonds. The monoisotopic (exact) mass is 148 g/mol. The third-order valence-electron chi connectivity index (χ3n) is 5.46. The summed E-state index contributed by atoms with van der Waals surface area (Å²) in [6.45, 7) is 0. The van der Waals surface area contributed by atoms with Gasteiger partial charge in [0.15, 0.2) is 0 Å². The Balaban J connectivity index is 1.77. The van der Waals surface area contributed by atoms with Crippen molar-refractivity contribution in [3.05, 3.63) is 0 Å². The largest absolute Gasteiger partial charge is 0.369 e. The Morgan fingerprint density at radius 1 is 0.727 bits per heavy atom. The van der Waals surface area contributed by atoms with Crippen LogP contribution in [0.3, 0.4) is 0 Å². The van der Waals surface area contributed by atoms with E-state index in [0.29, 0.717) is 0 Å². The van der Waals surface area contributed by atoms with Crippen molar-refractivity contribution < 1.29 is 4.74 Å². The van der Waals surface area contributed by atoms with Crippen LogP contribution in [0.15, 0.2) is 0 Å². The van der Waals surface area contributed by atoms with Crippen LogP contribution in [0, 0.1) is 35.5 Å². The van der Waals surface area contributed by atoms with Crippen LogP contribution in [0.2, 0.25) is 0 Å². The van der Waals surface area contributed by atoms with E-state index in [4.69, 9.17) is 4.74 Å². The SMILES string of the molecule is C1C[C@H]2C3C4[C@H]([C@H]5O[C@@H]5[C@@H]42)[C@@H]13. The van der Waals surface area contributed by atoms with Gasteiger partial charge in [0.1, 0.15) is 0 Å². The van der Waals surface area contributed by atoms with Crippen LogP contribution in [0.25, 0.3) is 0 Å². The molecule has 0 unspecified atom stereocenters. The average Bonchev–Trinajstić information content (AvgIpc) is 2.54. The second kappa shape index (κ2) is 1.10. The van der Waals surface area contributed by atoms with Crippen molar-refractivity contribution in [2.24, 2.45) is 35.5 Å². The molecule has 1 heterocycles. The van der Waals surface area contributed by atoms with Gasteiger partial charge in [-0.1, -0.05) is 0 Å². The fourth-order valence-corrected chi connectivity index (χ4v) is 5.29. The minimum absolute atomic E-state index is 0.775. The summed E-state index contributed by atoms with van der Waals surface area (Å²) < 4.78 is 5.72. The van der Waals surface area contributed by atoms with Gasteiger partial charge in [0.2, 0.25) is 0 Å². The Morgan fingerprint density at radius 2 is 1.36 bits per heavy atom. The van der Waals surface area contributed by atoms with E-state index in [0.717, 1.165) is 35.9 Å². The molecule has 5 aliphatic rings. The van der Waals surface area contributed by atoms with Crippen LogP contribution in [-0.2, 0) is 4.74 Å². The fourth-order valence-electron chi connectivity index (χ4n) is 5.29. The molecule has 0 aromatic rings. The van der Waals surface area contributed by atoms with Crippen LogP contribution in [0.1, 0.15) is 12.8 Å². The summed E-state index contributed by atoms with van der Waals surface area (Å²) in [5.74, 6) is 6.79. The smallest absolute Gasteiger partial charge is 0.0878 e. The molecule has 0 N–H and O–H groups in total. The molecule has 11 heavy (non-hydrogen) atoms. The Kier molecular flexibility index (Phi) is 0.486. The Labute approximate surface area is 66.1 Å². The second-order valence-corrected chi connectivity index (χ2v) is 5.28. The molecule has 1 heteroatoms. The van der Waals surface area contributed by atoms with Gasteiger partial charge in [-0.3, -0.25) is 0 Å². The highest BCUT2D eigenvalue weighted by Gasteiger charge is 2.82. The van der Waals surface area contributed by atoms with Gasteiger partial charge in [-0.2, -0.15) is 0 Å². The molecule has 0 bridgehead atoms. The first-order valence-electron chi connectivity index (χ1n) is 5.12. The lowest BCUT2D eigenvalue weighted by Crippen LogP contribution is -2.59. The zero-order valence-corrected chi connectivity index (χ0v) is 6.44. The summed E-state index contributed by atoms with van der Waals surface area (Å²) in [6, 6.07) is 0. The highest BCUT2D eigenvalue weighted by molar-refractivity contribution is 5.29. The highest BCUT2D eigenvalue weighted by Crippen LogP contribution is 2.81. The van der Waals surface area contributed by atoms with Gasteiger partial charge in [0.05, 0.1) is 12.2 Å². The van der Waals surface area contributed by atoms with Gasteiger partial charge in [-0.25, -0.2) is 0 Å². The minimum atomic E-state index is 0.775. The maximum atomic E-state index is 5.72. The number of rotatable bonds is 0. The summed E-state index contributed by atoms with van der Waals surface area (Å²) in [6.07, 6.45) is 4.66. The molecule has 0 aromatic carbocycles. The molecular formula is C10H12O. The Bertz CT molecular complexity index is 227. The second-order valence-electron chi connectivity index (χ2n) is 5.28. The topological polar surface area (TPSA) is 12.5 Å². The van der Waals surface area contributed by atoms with Crippen LogP contribution in [-0.4, -0.2) is 12.2 Å². The van der Waals surface area contributed by atoms with E-state index >= 15 is 0 Å². The van der Waals surface area contributed by atoms with E-state index in [9.17, 15) is 0 Å². The molecule has 0 aromatic heterocycles. The number of ether oxygens (including phenoxy) is 1. The third-order valence-corrected chi connectivity index (χ3v) is 5.46. The molecule has 58 valence electrons. The molecule has 4 saturated carbocycles. The zero-order valence-electron chi connectivity index (χ0n) is 6.44. The highest BCUT2D eigenvalue weighted by atomic mass is 16.6. The van der Waals surface area contributed by atoms with E-state index in [1.54, 1.807) is 12.8 Å². The van der Waals surface area contributed by atoms with Gasteiger partial charge in [-0.05, 0) is 48.3 Å². The molecular weight excluding hydrogens is 136 g/mol. The van der Waals surface area contributed by atoms with Gasteiger partial charge in [-0.15, -0.1) is 0 Å². The summed E-state index contributed by atoms with van der Waals surface area (Å²) in [5, 5.41) is 0. The van der Waals surface area contributed by atoms with E-state index in [1.807, 2.05) is 0 Å². The molecule has 1 nitrogen and oxygen atoms in total. The van der Waals surface area contributed by atoms with Crippen molar-refractivity contribution in [1.82, 2.24) is 0 Å². The fraction of sp³-hybridized carbons (Fsp3) is 1.00. The van der Waals surface area contributed by atoms with Crippen molar-refractivity contribution in [2.45, 2.75) is 25.0 Å². The molecule has 1 aliphatic heterocycles. The summed E-state index contributed by atoms with van der Waals surface area (Å²) in [7, 11) is 0. The van der Waals surface area contributed by atoms with Crippen LogP contribution >= 0.6 is 0 Å². The summed E-state index contributed by atoms with van der Waals surface area (Å²) in [4.78, 5) is 0. The van der Waals surface area contributed by atoms with Gasteiger partial charge in [0.25, 0.3) is 0 Å². The molecule has 5 rings (SSSR count). The van der Waals surface area contributed by atoms with Crippen molar-refractivity contribution in [2.75, 3.05) is 0 Å². The predicted molar refractivity (Wildman–Crippen MR) is 38.8 cm³/mol. The van der Waals surface area contributed by atoms with E-state index < -0.39 is 0 Å². The van der Waals surface area contributed by atoms with Crippen LogP contribution < -0.4 is 0 Å². The Hall–Kier alpha value is -0.0400. The first-order valence-corrected chi connectivity index (χ1v) is 5.12. The third kappa shape index (κ3) is 0.286. The molecule has 6 atom stereocenters. The predicted octanol–water partition coefficient (Wildman–Crippen LogP) is 1.29. The number of hydrogen-bond donors (Lipinski definition) is 0.